The van der Waals surface area contributed by atoms with Crippen LogP contribution in [-0.2, 0) is 26.3 Å². The Morgan fingerprint density at radius 3 is 1.65 bits per heavy atom. The summed E-state index contributed by atoms with van der Waals surface area (Å²) in [5.41, 5.74) is 3.33. The van der Waals surface area contributed by atoms with Gasteiger partial charge in [0, 0.05) is 6.07 Å². The molecule has 1 fully saturated rings. The Hall–Kier alpha value is -0.769. The predicted molar refractivity (Wildman–Crippen MR) is 202 cm³/mol. The van der Waals surface area contributed by atoms with Crippen molar-refractivity contribution >= 4 is 25.0 Å². The molecular formula is C37H70O8Si3. The van der Waals surface area contributed by atoms with E-state index >= 15 is 0 Å². The first-order chi connectivity index (χ1) is 21.8. The number of hydrogen-bond acceptors (Lipinski definition) is 8. The maximum Gasteiger partial charge on any atom is 0.258 e. The molecule has 0 bridgehead atoms. The highest BCUT2D eigenvalue weighted by atomic mass is 28.4. The van der Waals surface area contributed by atoms with Crippen LogP contribution in [0.2, 0.25) is 51.4 Å². The average Bonchev–Trinajstić information content (AvgIpc) is 3.31. The lowest BCUT2D eigenvalue weighted by Crippen LogP contribution is -2.64. The van der Waals surface area contributed by atoms with Crippen molar-refractivity contribution in [3.05, 3.63) is 23.3 Å². The Balaban J connectivity index is 2.28. The molecule has 8 nitrogen and oxygen atoms in total. The van der Waals surface area contributed by atoms with E-state index in [1.165, 1.54) is 0 Å². The van der Waals surface area contributed by atoms with Gasteiger partial charge in [-0.15, -0.1) is 0 Å². The molecule has 0 radical (unpaired) electrons. The van der Waals surface area contributed by atoms with Crippen LogP contribution in [-0.4, -0.2) is 71.3 Å². The molecule has 0 unspecified atom stereocenters. The van der Waals surface area contributed by atoms with E-state index in [0.29, 0.717) is 27.9 Å². The highest BCUT2D eigenvalue weighted by Gasteiger charge is 2.61. The lowest BCUT2D eigenvalue weighted by Gasteiger charge is -2.49. The fourth-order valence-electron chi connectivity index (χ4n) is 8.61. The van der Waals surface area contributed by atoms with Gasteiger partial charge in [0.15, 0.2) is 8.32 Å². The van der Waals surface area contributed by atoms with Gasteiger partial charge in [0.25, 0.3) is 16.6 Å². The molecule has 0 saturated carbocycles. The van der Waals surface area contributed by atoms with Crippen molar-refractivity contribution in [1.29, 1.82) is 0 Å². The Kier molecular flexibility index (Phi) is 12.7. The minimum Gasteiger partial charge on any atom is -0.543 e. The van der Waals surface area contributed by atoms with Crippen LogP contribution in [0.5, 0.6) is 11.5 Å². The molecule has 48 heavy (non-hydrogen) atoms. The van der Waals surface area contributed by atoms with Gasteiger partial charge in [-0.05, 0) is 63.0 Å². The van der Waals surface area contributed by atoms with Gasteiger partial charge in [-0.25, -0.2) is 0 Å². The Morgan fingerprint density at radius 2 is 1.21 bits per heavy atom. The van der Waals surface area contributed by atoms with E-state index in [9.17, 15) is 15.3 Å². The molecule has 278 valence electrons. The normalized spacial score (nSPS) is 25.8. The number of benzene rings is 1. The molecule has 11 heteroatoms. The lowest BCUT2D eigenvalue weighted by molar-refractivity contribution is -0.368. The zero-order valence-electron chi connectivity index (χ0n) is 33.2. The van der Waals surface area contributed by atoms with Crippen molar-refractivity contribution in [3.63, 3.8) is 0 Å². The van der Waals surface area contributed by atoms with E-state index < -0.39 is 55.2 Å². The molecule has 0 amide bonds. The first kappa shape index (κ1) is 41.6. The zero-order chi connectivity index (χ0) is 36.9. The van der Waals surface area contributed by atoms with Crippen molar-refractivity contribution < 1.29 is 38.1 Å². The first-order valence-electron chi connectivity index (χ1n) is 18.4. The second-order valence-corrected chi connectivity index (χ2v) is 33.5. The number of rotatable bonds is 13. The minimum atomic E-state index is -2.54. The van der Waals surface area contributed by atoms with Crippen molar-refractivity contribution in [2.45, 2.75) is 192 Å². The number of aliphatic hydroxyl groups is 3. The monoisotopic (exact) mass is 726 g/mol. The van der Waals surface area contributed by atoms with Gasteiger partial charge < -0.3 is 38.1 Å². The van der Waals surface area contributed by atoms with Crippen molar-refractivity contribution in [2.24, 2.45) is 0 Å². The second-order valence-electron chi connectivity index (χ2n) is 17.9. The maximum atomic E-state index is 11.8. The predicted octanol–water partition coefficient (Wildman–Crippen LogP) is 8.98. The van der Waals surface area contributed by atoms with Crippen LogP contribution >= 0.6 is 0 Å². The van der Waals surface area contributed by atoms with Gasteiger partial charge in [0.05, 0.1) is 18.8 Å². The fourth-order valence-corrected chi connectivity index (χ4v) is 20.1. The zero-order valence-corrected chi connectivity index (χ0v) is 36.2. The van der Waals surface area contributed by atoms with Gasteiger partial charge >= 0.3 is 0 Å². The molecule has 1 spiro atoms. The molecule has 2 heterocycles. The number of aliphatic hydroxyl groups excluding tert-OH is 3. The van der Waals surface area contributed by atoms with Crippen LogP contribution in [0.1, 0.15) is 115 Å². The molecule has 0 aliphatic carbocycles. The van der Waals surface area contributed by atoms with Crippen molar-refractivity contribution in [2.75, 3.05) is 6.61 Å². The summed E-state index contributed by atoms with van der Waals surface area (Å²) in [5.74, 6) is -0.430. The standard InChI is InChI=1S/C37H70O8Si3/c1-22(2)47(23(3)4,24(5)6)44-29-18-28-20-41-37(32(28)30(19-29)45-48(25(7)8,26(9)10)27(11)12)35(40)34(39)33(38)31(43-37)21-42-46(16,17)36(13,14)15/h18-19,22-27,31,33-35,38-40H,20-21H2,1-17H3/t31-,33-,34+,35-,37+/m1/s1. The molecule has 3 rings (SSSR count). The second kappa shape index (κ2) is 14.7. The number of fused-ring (bicyclic) bond motifs is 2. The summed E-state index contributed by atoms with van der Waals surface area (Å²) in [6.45, 7) is 38.0. The number of ether oxygens (including phenoxy) is 2. The van der Waals surface area contributed by atoms with Gasteiger partial charge in [0.2, 0.25) is 5.79 Å². The van der Waals surface area contributed by atoms with Crippen LogP contribution < -0.4 is 8.85 Å². The van der Waals surface area contributed by atoms with E-state index in [2.05, 4.69) is 117 Å². The Labute approximate surface area is 295 Å². The van der Waals surface area contributed by atoms with E-state index in [1.807, 2.05) is 12.1 Å². The fraction of sp³-hybridized carbons (Fsp3) is 0.838. The van der Waals surface area contributed by atoms with Crippen LogP contribution in [0.25, 0.3) is 0 Å². The largest absolute Gasteiger partial charge is 0.543 e. The summed E-state index contributed by atoms with van der Waals surface area (Å²) in [6.07, 6.45) is -5.38. The Bertz CT molecular complexity index is 1200. The van der Waals surface area contributed by atoms with Crippen LogP contribution in [0, 0.1) is 0 Å². The quantitative estimate of drug-likeness (QED) is 0.173. The van der Waals surface area contributed by atoms with E-state index in [-0.39, 0.29) is 34.9 Å². The third kappa shape index (κ3) is 7.15. The average molecular weight is 727 g/mol. The molecule has 0 aromatic heterocycles. The van der Waals surface area contributed by atoms with Crippen LogP contribution in [0.3, 0.4) is 0 Å². The highest BCUT2D eigenvalue weighted by molar-refractivity contribution is 6.79. The molecule has 3 N–H and O–H groups in total. The van der Waals surface area contributed by atoms with Crippen LogP contribution in [0.15, 0.2) is 12.1 Å². The lowest BCUT2D eigenvalue weighted by atomic mass is 9.87. The van der Waals surface area contributed by atoms with E-state index in [0.717, 1.165) is 11.3 Å². The summed E-state index contributed by atoms with van der Waals surface area (Å²) in [4.78, 5) is 0. The van der Waals surface area contributed by atoms with E-state index in [4.69, 9.17) is 22.8 Å². The SMILES string of the molecule is CC(C)[Si](Oc1cc2c(c(O[Si](C(C)C)(C(C)C)C(C)C)c1)[C@]1(OC2)O[C@H](CO[Si](C)(C)C(C)(C)C)[C@@H](O)[C@H](O)[C@H]1O)(C(C)C)C(C)C. The van der Waals surface area contributed by atoms with Gasteiger partial charge in [-0.2, -0.15) is 0 Å². The molecular weight excluding hydrogens is 657 g/mol. The van der Waals surface area contributed by atoms with Crippen LogP contribution in [0.4, 0.5) is 0 Å². The highest BCUT2D eigenvalue weighted by Crippen LogP contribution is 2.54. The van der Waals surface area contributed by atoms with E-state index in [1.54, 1.807) is 0 Å². The molecule has 1 aromatic rings. The van der Waals surface area contributed by atoms with Crippen molar-refractivity contribution in [1.82, 2.24) is 0 Å². The smallest absolute Gasteiger partial charge is 0.258 e. The molecule has 2 aliphatic heterocycles. The van der Waals surface area contributed by atoms with Crippen molar-refractivity contribution in [3.8, 4) is 11.5 Å². The molecule has 2 aliphatic rings. The molecule has 5 atom stereocenters. The first-order valence-corrected chi connectivity index (χ1v) is 25.6. The van der Waals surface area contributed by atoms with Gasteiger partial charge in [-0.3, -0.25) is 0 Å². The third-order valence-electron chi connectivity index (χ3n) is 12.1. The molecule has 1 aromatic carbocycles. The summed E-state index contributed by atoms with van der Waals surface area (Å²) < 4.78 is 34.3. The van der Waals surface area contributed by atoms with Gasteiger partial charge in [0.1, 0.15) is 35.9 Å². The maximum absolute atomic E-state index is 11.8. The summed E-state index contributed by atoms with van der Waals surface area (Å²) in [6, 6.07) is 4.01. The summed E-state index contributed by atoms with van der Waals surface area (Å²) in [5, 5.41) is 34.3. The Morgan fingerprint density at radius 1 is 0.750 bits per heavy atom. The van der Waals surface area contributed by atoms with Gasteiger partial charge in [-0.1, -0.05) is 104 Å². The third-order valence-corrected chi connectivity index (χ3v) is 28.6. The number of hydrogen-bond donors (Lipinski definition) is 3. The molecule has 1 saturated heterocycles. The summed E-state index contributed by atoms with van der Waals surface area (Å²) in [7, 11) is -7.10. The topological polar surface area (TPSA) is 107 Å². The summed E-state index contributed by atoms with van der Waals surface area (Å²) >= 11 is 0. The minimum absolute atomic E-state index is 0.0602.